The van der Waals surface area contributed by atoms with Gasteiger partial charge in [0.1, 0.15) is 0 Å². The number of alkyl halides is 1. The SMILES string of the molecule is O=C(Cc1cccc2ccccc12)N1CCOCC1CCl. The highest BCUT2D eigenvalue weighted by molar-refractivity contribution is 6.18. The Hall–Kier alpha value is -1.58. The minimum Gasteiger partial charge on any atom is -0.377 e. The molecule has 2 aromatic rings. The molecule has 2 aromatic carbocycles. The van der Waals surface area contributed by atoms with Crippen LogP contribution in [-0.2, 0) is 16.0 Å². The highest BCUT2D eigenvalue weighted by Crippen LogP contribution is 2.20. The van der Waals surface area contributed by atoms with Crippen molar-refractivity contribution in [3.8, 4) is 0 Å². The molecular formula is C17H18ClNO2. The topological polar surface area (TPSA) is 29.5 Å². The molecule has 0 aromatic heterocycles. The van der Waals surface area contributed by atoms with Gasteiger partial charge in [0, 0.05) is 12.4 Å². The van der Waals surface area contributed by atoms with Gasteiger partial charge in [0.15, 0.2) is 0 Å². The second-order valence-corrected chi connectivity index (χ2v) is 5.59. The zero-order valence-electron chi connectivity index (χ0n) is 11.8. The third-order valence-corrected chi connectivity index (χ3v) is 4.30. The number of carbonyl (C=O) groups excluding carboxylic acids is 1. The summed E-state index contributed by atoms with van der Waals surface area (Å²) in [6.07, 6.45) is 0.411. The predicted molar refractivity (Wildman–Crippen MR) is 84.7 cm³/mol. The molecule has 110 valence electrons. The van der Waals surface area contributed by atoms with Crippen LogP contribution < -0.4 is 0 Å². The van der Waals surface area contributed by atoms with Gasteiger partial charge in [0.05, 0.1) is 25.7 Å². The number of hydrogen-bond acceptors (Lipinski definition) is 2. The minimum atomic E-state index is -0.0112. The van der Waals surface area contributed by atoms with Gasteiger partial charge in [-0.05, 0) is 16.3 Å². The van der Waals surface area contributed by atoms with Crippen molar-refractivity contribution in [1.82, 2.24) is 4.90 Å². The van der Waals surface area contributed by atoms with Crippen molar-refractivity contribution in [2.75, 3.05) is 25.6 Å². The van der Waals surface area contributed by atoms with Gasteiger partial charge in [-0.25, -0.2) is 0 Å². The van der Waals surface area contributed by atoms with Crippen molar-refractivity contribution < 1.29 is 9.53 Å². The molecule has 0 bridgehead atoms. The van der Waals surface area contributed by atoms with Gasteiger partial charge in [0.2, 0.25) is 5.91 Å². The fourth-order valence-electron chi connectivity index (χ4n) is 2.82. The van der Waals surface area contributed by atoms with Gasteiger partial charge in [-0.3, -0.25) is 4.79 Å². The minimum absolute atomic E-state index is 0.0112. The molecule has 1 aliphatic heterocycles. The van der Waals surface area contributed by atoms with Crippen LogP contribution in [0.3, 0.4) is 0 Å². The van der Waals surface area contributed by atoms with E-state index in [1.54, 1.807) is 0 Å². The Bertz CT molecular complexity index is 638. The smallest absolute Gasteiger partial charge is 0.227 e. The Labute approximate surface area is 129 Å². The summed E-state index contributed by atoms with van der Waals surface area (Å²) in [7, 11) is 0. The van der Waals surface area contributed by atoms with Crippen molar-refractivity contribution >= 4 is 28.3 Å². The molecule has 0 radical (unpaired) electrons. The van der Waals surface area contributed by atoms with Gasteiger partial charge >= 0.3 is 0 Å². The molecule has 0 N–H and O–H groups in total. The average molecular weight is 304 g/mol. The van der Waals surface area contributed by atoms with E-state index in [4.69, 9.17) is 16.3 Å². The molecular weight excluding hydrogens is 286 g/mol. The molecule has 1 amide bonds. The number of ether oxygens (including phenoxy) is 1. The van der Waals surface area contributed by atoms with E-state index in [1.165, 1.54) is 5.39 Å². The van der Waals surface area contributed by atoms with Crippen molar-refractivity contribution in [2.45, 2.75) is 12.5 Å². The number of rotatable bonds is 3. The van der Waals surface area contributed by atoms with Crippen LogP contribution in [-0.4, -0.2) is 42.5 Å². The van der Waals surface area contributed by atoms with Crippen molar-refractivity contribution in [2.24, 2.45) is 0 Å². The van der Waals surface area contributed by atoms with Gasteiger partial charge in [-0.1, -0.05) is 42.5 Å². The van der Waals surface area contributed by atoms with Gasteiger partial charge < -0.3 is 9.64 Å². The van der Waals surface area contributed by atoms with Crippen LogP contribution >= 0.6 is 11.6 Å². The van der Waals surface area contributed by atoms with Crippen LogP contribution in [0, 0.1) is 0 Å². The summed E-state index contributed by atoms with van der Waals surface area (Å²) in [5.41, 5.74) is 1.07. The van der Waals surface area contributed by atoms with Crippen LogP contribution in [0.5, 0.6) is 0 Å². The Morgan fingerprint density at radius 3 is 2.90 bits per heavy atom. The predicted octanol–water partition coefficient (Wildman–Crippen LogP) is 2.85. The van der Waals surface area contributed by atoms with Crippen LogP contribution in [0.2, 0.25) is 0 Å². The van der Waals surface area contributed by atoms with Crippen molar-refractivity contribution in [1.29, 1.82) is 0 Å². The number of amides is 1. The third kappa shape index (κ3) is 3.04. The fourth-order valence-corrected chi connectivity index (χ4v) is 3.08. The largest absolute Gasteiger partial charge is 0.377 e. The second-order valence-electron chi connectivity index (χ2n) is 5.29. The lowest BCUT2D eigenvalue weighted by Gasteiger charge is -2.34. The van der Waals surface area contributed by atoms with Crippen molar-refractivity contribution in [3.63, 3.8) is 0 Å². The normalized spacial score (nSPS) is 18.9. The van der Waals surface area contributed by atoms with E-state index in [0.717, 1.165) is 10.9 Å². The Morgan fingerprint density at radius 1 is 1.24 bits per heavy atom. The molecule has 4 heteroatoms. The number of fused-ring (bicyclic) bond motifs is 1. The second kappa shape index (κ2) is 6.46. The molecule has 3 nitrogen and oxygen atoms in total. The lowest BCUT2D eigenvalue weighted by Crippen LogP contribution is -2.50. The first-order chi connectivity index (χ1) is 10.3. The van der Waals surface area contributed by atoms with E-state index in [0.29, 0.717) is 32.1 Å². The molecule has 1 unspecified atom stereocenters. The Kier molecular flexibility index (Phi) is 4.42. The lowest BCUT2D eigenvalue weighted by atomic mass is 10.0. The van der Waals surface area contributed by atoms with Crippen LogP contribution in [0.15, 0.2) is 42.5 Å². The summed E-state index contributed by atoms with van der Waals surface area (Å²) in [5.74, 6) is 0.543. The average Bonchev–Trinajstić information content (AvgIpc) is 2.55. The van der Waals surface area contributed by atoms with Gasteiger partial charge in [0.25, 0.3) is 0 Å². The standard InChI is InChI=1S/C17H18ClNO2/c18-11-15-12-21-9-8-19(15)17(20)10-14-6-3-5-13-4-1-2-7-16(13)14/h1-7,15H,8-12H2. The molecule has 1 atom stereocenters. The molecule has 0 spiro atoms. The summed E-state index contributed by atoms with van der Waals surface area (Å²) >= 11 is 5.94. The first-order valence-corrected chi connectivity index (χ1v) is 7.73. The quantitative estimate of drug-likeness (QED) is 0.816. The van der Waals surface area contributed by atoms with Crippen LogP contribution in [0.4, 0.5) is 0 Å². The molecule has 1 fully saturated rings. The van der Waals surface area contributed by atoms with E-state index < -0.39 is 0 Å². The molecule has 0 saturated carbocycles. The van der Waals surface area contributed by atoms with Gasteiger partial charge in [-0.2, -0.15) is 0 Å². The van der Waals surface area contributed by atoms with E-state index >= 15 is 0 Å². The van der Waals surface area contributed by atoms with Crippen molar-refractivity contribution in [3.05, 3.63) is 48.0 Å². The fraction of sp³-hybridized carbons (Fsp3) is 0.353. The first-order valence-electron chi connectivity index (χ1n) is 7.19. The first kappa shape index (κ1) is 14.4. The number of benzene rings is 2. The van der Waals surface area contributed by atoms with Crippen LogP contribution in [0.25, 0.3) is 10.8 Å². The maximum Gasteiger partial charge on any atom is 0.227 e. The number of nitrogens with zero attached hydrogens (tertiary/aromatic N) is 1. The summed E-state index contributed by atoms with van der Waals surface area (Å²) in [6, 6.07) is 14.2. The summed E-state index contributed by atoms with van der Waals surface area (Å²) in [4.78, 5) is 14.5. The summed E-state index contributed by atoms with van der Waals surface area (Å²) in [5, 5.41) is 2.31. The van der Waals surface area contributed by atoms with Gasteiger partial charge in [-0.15, -0.1) is 11.6 Å². The number of carbonyl (C=O) groups is 1. The third-order valence-electron chi connectivity index (χ3n) is 3.95. The zero-order valence-corrected chi connectivity index (χ0v) is 12.6. The maximum atomic E-state index is 12.6. The number of morpholine rings is 1. The Morgan fingerprint density at radius 2 is 2.05 bits per heavy atom. The van der Waals surface area contributed by atoms with E-state index in [2.05, 4.69) is 18.2 Å². The molecule has 1 saturated heterocycles. The van der Waals surface area contributed by atoms with E-state index in [9.17, 15) is 4.79 Å². The van der Waals surface area contributed by atoms with E-state index in [-0.39, 0.29) is 11.9 Å². The number of hydrogen-bond donors (Lipinski definition) is 0. The van der Waals surface area contributed by atoms with E-state index in [1.807, 2.05) is 29.2 Å². The molecule has 1 heterocycles. The molecule has 0 aliphatic carbocycles. The number of halogens is 1. The lowest BCUT2D eigenvalue weighted by molar-refractivity contribution is -0.138. The maximum absolute atomic E-state index is 12.6. The monoisotopic (exact) mass is 303 g/mol. The summed E-state index contributed by atoms with van der Waals surface area (Å²) < 4.78 is 5.40. The molecule has 3 rings (SSSR count). The summed E-state index contributed by atoms with van der Waals surface area (Å²) in [6.45, 7) is 1.75. The molecule has 1 aliphatic rings. The van der Waals surface area contributed by atoms with Crippen LogP contribution in [0.1, 0.15) is 5.56 Å². The highest BCUT2D eigenvalue weighted by Gasteiger charge is 2.26. The highest BCUT2D eigenvalue weighted by atomic mass is 35.5. The zero-order chi connectivity index (χ0) is 14.7. The Balaban J connectivity index is 1.83. The molecule has 21 heavy (non-hydrogen) atoms.